The van der Waals surface area contributed by atoms with Crippen LogP contribution in [0.3, 0.4) is 0 Å². The van der Waals surface area contributed by atoms with Crippen molar-refractivity contribution in [1.29, 1.82) is 0 Å². The first-order valence-electron chi connectivity index (χ1n) is 9.50. The SMILES string of the molecule is O=C1Nc2ccc(S(=O)(=O)Cc3c(Cl)cccc3Cl)cc2SC1=Cc1ccc(Cl)c([N+](=O)[O-])c1. The molecule has 0 unspecified atom stereocenters. The Morgan fingerprint density at radius 3 is 2.38 bits per heavy atom. The molecule has 0 saturated carbocycles. The lowest BCUT2D eigenvalue weighted by molar-refractivity contribution is -0.384. The number of halogens is 3. The fraction of sp³-hybridized carbons (Fsp3) is 0.0455. The van der Waals surface area contributed by atoms with Crippen molar-refractivity contribution in [2.45, 2.75) is 15.5 Å². The summed E-state index contributed by atoms with van der Waals surface area (Å²) < 4.78 is 26.1. The Morgan fingerprint density at radius 1 is 1.00 bits per heavy atom. The zero-order chi connectivity index (χ0) is 24.6. The van der Waals surface area contributed by atoms with Crippen LogP contribution < -0.4 is 5.32 Å². The van der Waals surface area contributed by atoms with Gasteiger partial charge < -0.3 is 5.32 Å². The third-order valence-electron chi connectivity index (χ3n) is 4.86. The Morgan fingerprint density at radius 2 is 1.71 bits per heavy atom. The topological polar surface area (TPSA) is 106 Å². The van der Waals surface area contributed by atoms with Gasteiger partial charge in [0, 0.05) is 26.6 Å². The normalized spacial score (nSPS) is 14.6. The Bertz CT molecular complexity index is 1470. The van der Waals surface area contributed by atoms with Crippen molar-refractivity contribution in [1.82, 2.24) is 0 Å². The molecule has 1 aliphatic rings. The van der Waals surface area contributed by atoms with Gasteiger partial charge in [0.1, 0.15) is 5.02 Å². The second kappa shape index (κ2) is 9.59. The van der Waals surface area contributed by atoms with Gasteiger partial charge >= 0.3 is 0 Å². The van der Waals surface area contributed by atoms with Gasteiger partial charge in [0.05, 0.1) is 26.2 Å². The number of benzene rings is 3. The maximum Gasteiger partial charge on any atom is 0.288 e. The Hall–Kier alpha value is -2.56. The number of fused-ring (bicyclic) bond motifs is 1. The molecule has 0 bridgehead atoms. The van der Waals surface area contributed by atoms with Crippen LogP contribution in [-0.2, 0) is 20.4 Å². The van der Waals surface area contributed by atoms with Gasteiger partial charge in [0.15, 0.2) is 9.84 Å². The molecule has 3 aromatic carbocycles. The molecule has 1 heterocycles. The van der Waals surface area contributed by atoms with E-state index < -0.39 is 26.4 Å². The highest BCUT2D eigenvalue weighted by Crippen LogP contribution is 2.41. The predicted octanol–water partition coefficient (Wildman–Crippen LogP) is 6.61. The van der Waals surface area contributed by atoms with Crippen LogP contribution in [0, 0.1) is 10.1 Å². The van der Waals surface area contributed by atoms with Crippen molar-refractivity contribution < 1.29 is 18.1 Å². The highest BCUT2D eigenvalue weighted by atomic mass is 35.5. The molecule has 1 N–H and O–H groups in total. The molecule has 0 saturated heterocycles. The summed E-state index contributed by atoms with van der Waals surface area (Å²) >= 11 is 19.2. The first-order chi connectivity index (χ1) is 16.0. The predicted molar refractivity (Wildman–Crippen MR) is 134 cm³/mol. The molecule has 34 heavy (non-hydrogen) atoms. The van der Waals surface area contributed by atoms with E-state index in [1.54, 1.807) is 24.3 Å². The Labute approximate surface area is 213 Å². The monoisotopic (exact) mass is 554 g/mol. The van der Waals surface area contributed by atoms with Crippen molar-refractivity contribution in [3.05, 3.63) is 95.8 Å². The van der Waals surface area contributed by atoms with Crippen LogP contribution in [0.2, 0.25) is 15.1 Å². The van der Waals surface area contributed by atoms with Gasteiger partial charge in [-0.05, 0) is 48.0 Å². The molecule has 3 aromatic rings. The minimum Gasteiger partial charge on any atom is -0.320 e. The van der Waals surface area contributed by atoms with Crippen LogP contribution in [0.1, 0.15) is 11.1 Å². The van der Waals surface area contributed by atoms with E-state index in [9.17, 15) is 23.3 Å². The van der Waals surface area contributed by atoms with E-state index >= 15 is 0 Å². The molecule has 0 fully saturated rings. The number of carbonyl (C=O) groups excluding carboxylic acids is 1. The van der Waals surface area contributed by atoms with E-state index in [4.69, 9.17) is 34.8 Å². The highest BCUT2D eigenvalue weighted by Gasteiger charge is 2.25. The number of anilines is 1. The maximum atomic E-state index is 13.1. The molecular weight excluding hydrogens is 543 g/mol. The van der Waals surface area contributed by atoms with E-state index in [0.717, 1.165) is 11.8 Å². The minimum atomic E-state index is -3.81. The number of nitrogens with zero attached hydrogens (tertiary/aromatic N) is 1. The third kappa shape index (κ3) is 5.08. The van der Waals surface area contributed by atoms with Crippen molar-refractivity contribution in [3.63, 3.8) is 0 Å². The Balaban J connectivity index is 1.67. The lowest BCUT2D eigenvalue weighted by Crippen LogP contribution is -2.17. The molecule has 1 aliphatic heterocycles. The number of nitro groups is 1. The van der Waals surface area contributed by atoms with Crippen LogP contribution in [0.15, 0.2) is 69.3 Å². The molecule has 0 aliphatic carbocycles. The molecule has 7 nitrogen and oxygen atoms in total. The number of nitrogens with one attached hydrogen (secondary N) is 1. The van der Waals surface area contributed by atoms with Gasteiger partial charge in [-0.2, -0.15) is 0 Å². The summed E-state index contributed by atoms with van der Waals surface area (Å²) in [5.41, 5.74) is 0.858. The largest absolute Gasteiger partial charge is 0.320 e. The fourth-order valence-electron chi connectivity index (χ4n) is 3.18. The third-order valence-corrected chi connectivity index (χ3v) is 8.61. The maximum absolute atomic E-state index is 13.1. The Kier molecular flexibility index (Phi) is 6.93. The number of thioether (sulfide) groups is 1. The number of nitro benzene ring substituents is 1. The van der Waals surface area contributed by atoms with Gasteiger partial charge in [-0.3, -0.25) is 14.9 Å². The minimum absolute atomic E-state index is 0.0216. The lowest BCUT2D eigenvalue weighted by atomic mass is 10.2. The van der Waals surface area contributed by atoms with Crippen LogP contribution in [-0.4, -0.2) is 19.2 Å². The quantitative estimate of drug-likeness (QED) is 0.216. The summed E-state index contributed by atoms with van der Waals surface area (Å²) in [5.74, 6) is -0.813. The molecule has 1 amide bonds. The summed E-state index contributed by atoms with van der Waals surface area (Å²) in [6.45, 7) is 0. The van der Waals surface area contributed by atoms with Crippen LogP contribution in [0.4, 0.5) is 11.4 Å². The van der Waals surface area contributed by atoms with E-state index in [2.05, 4.69) is 5.32 Å². The molecule has 0 aromatic heterocycles. The summed E-state index contributed by atoms with van der Waals surface area (Å²) in [4.78, 5) is 23.8. The van der Waals surface area contributed by atoms with Crippen molar-refractivity contribution in [3.8, 4) is 0 Å². The molecule has 0 spiro atoms. The average molecular weight is 556 g/mol. The zero-order valence-corrected chi connectivity index (χ0v) is 20.8. The standard InChI is InChI=1S/C22H13Cl3N2O5S2/c23-15-2-1-3-16(24)14(15)11-34(31,32)13-5-7-18-20(10-13)33-21(22(28)26-18)9-12-4-6-17(25)19(8-12)27(29)30/h1-10H,11H2,(H,26,28). The molecule has 12 heteroatoms. The van der Waals surface area contributed by atoms with Gasteiger partial charge in [0.25, 0.3) is 11.6 Å². The fourth-order valence-corrected chi connectivity index (χ4v) is 6.55. The molecule has 4 rings (SSSR count). The number of sulfone groups is 1. The molecular formula is C22H13Cl3N2O5S2. The van der Waals surface area contributed by atoms with Gasteiger partial charge in [0.2, 0.25) is 0 Å². The molecule has 174 valence electrons. The average Bonchev–Trinajstić information content (AvgIpc) is 2.77. The van der Waals surface area contributed by atoms with Crippen molar-refractivity contribution in [2.75, 3.05) is 5.32 Å². The summed E-state index contributed by atoms with van der Waals surface area (Å²) in [6, 6.07) is 13.3. The smallest absolute Gasteiger partial charge is 0.288 e. The first-order valence-corrected chi connectivity index (χ1v) is 13.1. The summed E-state index contributed by atoms with van der Waals surface area (Å²) in [7, 11) is -3.81. The number of carbonyl (C=O) groups is 1. The van der Waals surface area contributed by atoms with Crippen LogP contribution in [0.5, 0.6) is 0 Å². The van der Waals surface area contributed by atoms with Gasteiger partial charge in [-0.15, -0.1) is 0 Å². The van der Waals surface area contributed by atoms with E-state index in [1.165, 1.54) is 36.4 Å². The number of amides is 1. The zero-order valence-electron chi connectivity index (χ0n) is 16.9. The van der Waals surface area contributed by atoms with E-state index in [-0.39, 0.29) is 30.6 Å². The first kappa shape index (κ1) is 24.6. The summed E-state index contributed by atoms with van der Waals surface area (Å²) in [5, 5.41) is 14.3. The van der Waals surface area contributed by atoms with Crippen LogP contribution >= 0.6 is 46.6 Å². The van der Waals surface area contributed by atoms with E-state index in [0.29, 0.717) is 21.7 Å². The molecule has 0 atom stereocenters. The van der Waals surface area contributed by atoms with Gasteiger partial charge in [-0.25, -0.2) is 8.42 Å². The van der Waals surface area contributed by atoms with Gasteiger partial charge in [-0.1, -0.05) is 58.7 Å². The van der Waals surface area contributed by atoms with E-state index in [1.807, 2.05) is 0 Å². The van der Waals surface area contributed by atoms with Crippen molar-refractivity contribution >= 4 is 79.8 Å². The lowest BCUT2D eigenvalue weighted by Gasteiger charge is -2.19. The number of rotatable bonds is 5. The second-order valence-electron chi connectivity index (χ2n) is 7.15. The number of hydrogen-bond acceptors (Lipinski definition) is 6. The summed E-state index contributed by atoms with van der Waals surface area (Å²) in [6.07, 6.45) is 1.47. The van der Waals surface area contributed by atoms with Crippen molar-refractivity contribution in [2.24, 2.45) is 0 Å². The van der Waals surface area contributed by atoms with Crippen LogP contribution in [0.25, 0.3) is 6.08 Å². The number of hydrogen-bond donors (Lipinski definition) is 1. The highest BCUT2D eigenvalue weighted by molar-refractivity contribution is 8.04. The molecule has 0 radical (unpaired) electrons. The second-order valence-corrected chi connectivity index (χ2v) is 11.4.